The Kier molecular flexibility index (Phi) is 110. The number of primary amides is 2. The van der Waals surface area contributed by atoms with E-state index in [9.17, 15) is 0 Å². The molecule has 0 bridgehead atoms. The topological polar surface area (TPSA) is 69.1 Å². The first kappa shape index (κ1) is 36.0. The van der Waals surface area contributed by atoms with Gasteiger partial charge in [0, 0.05) is 62.0 Å². The molecule has 0 aliphatic rings. The maximum Gasteiger partial charge on any atom is 0.309 e. The second kappa shape index (κ2) is 24.5. The summed E-state index contributed by atoms with van der Waals surface area (Å²) in [5.41, 5.74) is 8.50. The first-order valence-corrected chi connectivity index (χ1v) is 0.781. The molecule has 0 fully saturated rings. The van der Waals surface area contributed by atoms with Crippen molar-refractivity contribution >= 4 is 14.4 Å². The standard InChI is InChI=1S/CH4N2O.B.Cu.Mn.Zn/c2-1(3)4;;;;/h(H4,2,3,4);;;;. The quantitative estimate of drug-likeness (QED) is 0.515. The van der Waals surface area contributed by atoms with Gasteiger partial charge in [0.15, 0.2) is 0 Å². The molecule has 0 aliphatic heterocycles. The second-order valence-corrected chi connectivity index (χ2v) is 0.402. The van der Waals surface area contributed by atoms with Crippen molar-refractivity contribution in [3.05, 3.63) is 0 Å². The molecule has 0 aromatic carbocycles. The van der Waals surface area contributed by atoms with Crippen LogP contribution in [0.5, 0.6) is 0 Å². The van der Waals surface area contributed by atoms with Gasteiger partial charge in [-0.25, -0.2) is 4.79 Å². The first-order chi connectivity index (χ1) is 1.73. The largest absolute Gasteiger partial charge is 0.352 e. The normalized spacial score (nSPS) is 3.00. The summed E-state index contributed by atoms with van der Waals surface area (Å²) in [5, 5.41) is 0. The van der Waals surface area contributed by atoms with Crippen LogP contribution in [0.2, 0.25) is 0 Å². The fourth-order valence-electron chi connectivity index (χ4n) is 0. The van der Waals surface area contributed by atoms with E-state index in [1.54, 1.807) is 0 Å². The van der Waals surface area contributed by atoms with Crippen molar-refractivity contribution in [3.8, 4) is 0 Å². The Morgan fingerprint density at radius 2 is 1.25 bits per heavy atom. The second-order valence-electron chi connectivity index (χ2n) is 0.402. The van der Waals surface area contributed by atoms with E-state index in [0.29, 0.717) is 0 Å². The Morgan fingerprint density at radius 3 is 1.25 bits per heavy atom. The maximum absolute atomic E-state index is 9.00. The molecule has 2 amide bonds. The summed E-state index contributed by atoms with van der Waals surface area (Å²) >= 11 is 0. The molecule has 7 heteroatoms. The number of hydrogen-bond acceptors (Lipinski definition) is 1. The Morgan fingerprint density at radius 1 is 1.25 bits per heavy atom. The Hall–Kier alpha value is 0.997. The summed E-state index contributed by atoms with van der Waals surface area (Å²) in [6.07, 6.45) is 0. The zero-order valence-corrected chi connectivity index (χ0v) is 9.12. The van der Waals surface area contributed by atoms with Gasteiger partial charge in [0.2, 0.25) is 0 Å². The Bertz CT molecular complexity index is 45.0. The van der Waals surface area contributed by atoms with Crippen molar-refractivity contribution in [3.63, 3.8) is 0 Å². The van der Waals surface area contributed by atoms with Gasteiger partial charge in [-0.15, -0.1) is 0 Å². The Labute approximate surface area is 84.0 Å². The van der Waals surface area contributed by atoms with Crippen molar-refractivity contribution < 1.29 is 58.4 Å². The molecule has 0 atom stereocenters. The van der Waals surface area contributed by atoms with Crippen LogP contribution in [0.1, 0.15) is 0 Å². The summed E-state index contributed by atoms with van der Waals surface area (Å²) in [4.78, 5) is 9.00. The van der Waals surface area contributed by atoms with Crippen LogP contribution < -0.4 is 11.5 Å². The minimum Gasteiger partial charge on any atom is -0.352 e. The molecule has 0 saturated carbocycles. The fraction of sp³-hybridized carbons (Fsp3) is 0. The Balaban J connectivity index is -0.00000000750. The molecule has 0 aromatic rings. The first-order valence-electron chi connectivity index (χ1n) is 0.781. The van der Waals surface area contributed by atoms with E-state index in [4.69, 9.17) is 4.79 Å². The summed E-state index contributed by atoms with van der Waals surface area (Å²) in [5.74, 6) is 0. The number of nitrogens with two attached hydrogens (primary N) is 2. The number of hydrogen-bond donors (Lipinski definition) is 2. The van der Waals surface area contributed by atoms with Crippen LogP contribution in [0.15, 0.2) is 0 Å². The van der Waals surface area contributed by atoms with Gasteiger partial charge in [0.05, 0.1) is 0 Å². The molecular weight excluding hydrogens is 251 g/mol. The van der Waals surface area contributed by atoms with Gasteiger partial charge in [-0.05, 0) is 0 Å². The average Bonchev–Trinajstić information content (AvgIpc) is 0.811. The van der Waals surface area contributed by atoms with Gasteiger partial charge < -0.3 is 11.5 Å². The van der Waals surface area contributed by atoms with Gasteiger partial charge in [0.1, 0.15) is 0 Å². The molecule has 5 radical (unpaired) electrons. The molecule has 47 valence electrons. The van der Waals surface area contributed by atoms with Crippen LogP contribution in [-0.2, 0) is 53.6 Å². The average molecular weight is 255 g/mol. The summed E-state index contributed by atoms with van der Waals surface area (Å²) in [7, 11) is 0. The van der Waals surface area contributed by atoms with Crippen molar-refractivity contribution in [2.75, 3.05) is 0 Å². The smallest absolute Gasteiger partial charge is 0.309 e. The number of urea groups is 1. The van der Waals surface area contributed by atoms with Gasteiger partial charge >= 0.3 is 6.03 Å². The van der Waals surface area contributed by atoms with E-state index in [-0.39, 0.29) is 62.0 Å². The van der Waals surface area contributed by atoms with E-state index in [1.165, 1.54) is 0 Å². The third-order valence-corrected chi connectivity index (χ3v) is 0. The minimum absolute atomic E-state index is 0. The number of carbonyl (C=O) groups excluding carboxylic acids is 1. The summed E-state index contributed by atoms with van der Waals surface area (Å²) in [6, 6.07) is -0.833. The van der Waals surface area contributed by atoms with Gasteiger partial charge in [0.25, 0.3) is 0 Å². The number of carbonyl (C=O) groups is 1. The molecule has 3 nitrogen and oxygen atoms in total. The zero-order valence-electron chi connectivity index (χ0n) is 4.03. The van der Waals surface area contributed by atoms with Crippen LogP contribution in [0.4, 0.5) is 4.79 Å². The van der Waals surface area contributed by atoms with Crippen LogP contribution in [0, 0.1) is 0 Å². The molecule has 8 heavy (non-hydrogen) atoms. The van der Waals surface area contributed by atoms with Gasteiger partial charge in [-0.2, -0.15) is 0 Å². The van der Waals surface area contributed by atoms with E-state index in [1.807, 2.05) is 0 Å². The molecule has 0 saturated heterocycles. The molecular formula is CH4BCuMnN2OZn. The van der Waals surface area contributed by atoms with Crippen molar-refractivity contribution in [2.24, 2.45) is 11.5 Å². The van der Waals surface area contributed by atoms with Crippen LogP contribution in [0.3, 0.4) is 0 Å². The van der Waals surface area contributed by atoms with Crippen molar-refractivity contribution in [1.82, 2.24) is 0 Å². The number of rotatable bonds is 0. The third-order valence-electron chi connectivity index (χ3n) is 0. The van der Waals surface area contributed by atoms with E-state index in [0.717, 1.165) is 0 Å². The predicted molar refractivity (Wildman–Crippen MR) is 19.5 cm³/mol. The van der Waals surface area contributed by atoms with Gasteiger partial charge in [-0.1, -0.05) is 0 Å². The minimum atomic E-state index is -0.833. The molecule has 4 N–H and O–H groups in total. The van der Waals surface area contributed by atoms with Crippen molar-refractivity contribution in [2.45, 2.75) is 0 Å². The SMILES string of the molecule is NC(N)=O.[B].[Cu].[Mn].[Zn]. The van der Waals surface area contributed by atoms with Crippen LogP contribution in [-0.4, -0.2) is 14.4 Å². The summed E-state index contributed by atoms with van der Waals surface area (Å²) in [6.45, 7) is 0. The summed E-state index contributed by atoms with van der Waals surface area (Å²) < 4.78 is 0. The molecule has 0 aliphatic carbocycles. The van der Waals surface area contributed by atoms with Gasteiger partial charge in [-0.3, -0.25) is 0 Å². The maximum atomic E-state index is 9.00. The van der Waals surface area contributed by atoms with Crippen molar-refractivity contribution in [1.29, 1.82) is 0 Å². The molecule has 0 spiro atoms. The van der Waals surface area contributed by atoms with Crippen LogP contribution >= 0.6 is 0 Å². The van der Waals surface area contributed by atoms with Crippen LogP contribution in [0.25, 0.3) is 0 Å². The molecule has 0 rings (SSSR count). The van der Waals surface area contributed by atoms with E-state index < -0.39 is 6.03 Å². The third kappa shape index (κ3) is 253. The molecule has 0 heterocycles. The molecule has 0 aromatic heterocycles. The number of amides is 2. The zero-order chi connectivity index (χ0) is 3.58. The molecule has 0 unspecified atom stereocenters. The predicted octanol–water partition coefficient (Wildman–Crippen LogP) is -1.36. The van der Waals surface area contributed by atoms with E-state index in [2.05, 4.69) is 11.5 Å². The monoisotopic (exact) mass is 253 g/mol. The van der Waals surface area contributed by atoms with E-state index >= 15 is 0 Å². The fourth-order valence-corrected chi connectivity index (χ4v) is 0.